The molecule has 0 radical (unpaired) electrons. The van der Waals surface area contributed by atoms with Crippen molar-refractivity contribution in [3.05, 3.63) is 46.7 Å². The van der Waals surface area contributed by atoms with Gasteiger partial charge in [0, 0.05) is 17.4 Å². The fraction of sp³-hybridized carbons (Fsp3) is 0.286. The number of hydrogen-bond acceptors (Lipinski definition) is 1. The van der Waals surface area contributed by atoms with Gasteiger partial charge in [-0.3, -0.25) is 0 Å². The molecule has 0 aliphatic heterocycles. The first kappa shape index (κ1) is 8.78. The van der Waals surface area contributed by atoms with E-state index < -0.39 is 0 Å². The van der Waals surface area contributed by atoms with Crippen LogP contribution in [0.3, 0.4) is 0 Å². The highest BCUT2D eigenvalue weighted by molar-refractivity contribution is 5.83. The zero-order chi connectivity index (χ0) is 10.4. The second-order valence-electron chi connectivity index (χ2n) is 4.41. The molecule has 76 valence electrons. The highest BCUT2D eigenvalue weighted by atomic mass is 16.3. The summed E-state index contributed by atoms with van der Waals surface area (Å²) in [6, 6.07) is 8.33. The normalized spacial score (nSPS) is 15.9. The van der Waals surface area contributed by atoms with E-state index in [1.807, 2.05) is 6.07 Å². The van der Waals surface area contributed by atoms with Crippen LogP contribution in [-0.4, -0.2) is 0 Å². The quantitative estimate of drug-likeness (QED) is 0.586. The van der Waals surface area contributed by atoms with E-state index in [4.69, 9.17) is 4.42 Å². The first-order chi connectivity index (χ1) is 7.25. The topological polar surface area (TPSA) is 13.1 Å². The van der Waals surface area contributed by atoms with E-state index in [1.165, 1.54) is 27.9 Å². The average molecular weight is 198 g/mol. The zero-order valence-electron chi connectivity index (χ0n) is 9.13. The molecule has 3 rings (SSSR count). The van der Waals surface area contributed by atoms with E-state index in [-0.39, 0.29) is 0 Å². The molecule has 0 saturated heterocycles. The number of benzene rings is 1. The van der Waals surface area contributed by atoms with Crippen molar-refractivity contribution in [2.45, 2.75) is 26.7 Å². The summed E-state index contributed by atoms with van der Waals surface area (Å²) in [4.78, 5) is 0. The molecule has 0 fully saturated rings. The Hall–Kier alpha value is -1.50. The lowest BCUT2D eigenvalue weighted by atomic mass is 9.91. The maximum Gasteiger partial charge on any atom is 0.134 e. The fourth-order valence-corrected chi connectivity index (χ4v) is 2.29. The summed E-state index contributed by atoms with van der Waals surface area (Å²) in [6.45, 7) is 4.42. The van der Waals surface area contributed by atoms with Gasteiger partial charge < -0.3 is 4.42 Å². The van der Waals surface area contributed by atoms with Gasteiger partial charge in [-0.15, -0.1) is 0 Å². The van der Waals surface area contributed by atoms with Crippen molar-refractivity contribution in [1.82, 2.24) is 0 Å². The molecular formula is C14H14O. The van der Waals surface area contributed by atoms with Gasteiger partial charge in [0.15, 0.2) is 0 Å². The van der Waals surface area contributed by atoms with Crippen LogP contribution in [-0.2, 0) is 12.8 Å². The molecule has 2 aromatic rings. The Morgan fingerprint density at radius 1 is 1.00 bits per heavy atom. The van der Waals surface area contributed by atoms with E-state index in [1.54, 1.807) is 0 Å². The minimum absolute atomic E-state index is 0.982. The van der Waals surface area contributed by atoms with Crippen molar-refractivity contribution in [3.8, 4) is 0 Å². The first-order valence-electron chi connectivity index (χ1n) is 5.40. The summed E-state index contributed by atoms with van der Waals surface area (Å²) < 4.78 is 5.88. The van der Waals surface area contributed by atoms with Crippen LogP contribution >= 0.6 is 0 Å². The van der Waals surface area contributed by atoms with Crippen molar-refractivity contribution in [1.29, 1.82) is 0 Å². The van der Waals surface area contributed by atoms with E-state index in [2.05, 4.69) is 32.0 Å². The Kier molecular flexibility index (Phi) is 1.75. The van der Waals surface area contributed by atoms with Crippen molar-refractivity contribution in [2.24, 2.45) is 0 Å². The van der Waals surface area contributed by atoms with Crippen LogP contribution in [0.5, 0.6) is 0 Å². The summed E-state index contributed by atoms with van der Waals surface area (Å²) in [6.07, 6.45) is 2.04. The SMILES string of the molecule is CC1=C(C)Cc2c(oc3ccccc23)C1. The molecule has 1 aromatic carbocycles. The van der Waals surface area contributed by atoms with Crippen LogP contribution in [0, 0.1) is 0 Å². The van der Waals surface area contributed by atoms with Crippen molar-refractivity contribution >= 4 is 11.0 Å². The maximum absolute atomic E-state index is 5.88. The van der Waals surface area contributed by atoms with Gasteiger partial charge >= 0.3 is 0 Å². The lowest BCUT2D eigenvalue weighted by Crippen LogP contribution is -2.02. The molecule has 0 atom stereocenters. The summed E-state index contributed by atoms with van der Waals surface area (Å²) in [5.41, 5.74) is 5.38. The zero-order valence-corrected chi connectivity index (χ0v) is 9.13. The molecule has 1 heterocycles. The highest BCUT2D eigenvalue weighted by Gasteiger charge is 2.19. The van der Waals surface area contributed by atoms with Gasteiger partial charge in [0.1, 0.15) is 11.3 Å². The molecule has 0 spiro atoms. The molecule has 1 nitrogen and oxygen atoms in total. The first-order valence-corrected chi connectivity index (χ1v) is 5.40. The molecule has 0 unspecified atom stereocenters. The molecule has 15 heavy (non-hydrogen) atoms. The third-order valence-corrected chi connectivity index (χ3v) is 3.38. The Balaban J connectivity index is 2.25. The third-order valence-electron chi connectivity index (χ3n) is 3.38. The maximum atomic E-state index is 5.88. The van der Waals surface area contributed by atoms with E-state index in [0.717, 1.165) is 18.4 Å². The monoisotopic (exact) mass is 198 g/mol. The number of rotatable bonds is 0. The summed E-state index contributed by atoms with van der Waals surface area (Å²) in [5.74, 6) is 1.17. The average Bonchev–Trinajstić information content (AvgIpc) is 2.57. The fourth-order valence-electron chi connectivity index (χ4n) is 2.29. The number of allylic oxidation sites excluding steroid dienone is 2. The van der Waals surface area contributed by atoms with Crippen LogP contribution in [0.15, 0.2) is 39.8 Å². The molecule has 1 aliphatic rings. The van der Waals surface area contributed by atoms with Crippen LogP contribution in [0.2, 0.25) is 0 Å². The van der Waals surface area contributed by atoms with Crippen molar-refractivity contribution in [2.75, 3.05) is 0 Å². The van der Waals surface area contributed by atoms with Crippen molar-refractivity contribution < 1.29 is 4.42 Å². The number of para-hydroxylation sites is 1. The summed E-state index contributed by atoms with van der Waals surface area (Å²) in [5, 5.41) is 1.29. The third kappa shape index (κ3) is 1.23. The Morgan fingerprint density at radius 3 is 2.60 bits per heavy atom. The van der Waals surface area contributed by atoms with E-state index >= 15 is 0 Å². The van der Waals surface area contributed by atoms with Crippen LogP contribution < -0.4 is 0 Å². The van der Waals surface area contributed by atoms with Gasteiger partial charge in [0.2, 0.25) is 0 Å². The largest absolute Gasteiger partial charge is 0.460 e. The van der Waals surface area contributed by atoms with Crippen LogP contribution in [0.25, 0.3) is 11.0 Å². The Bertz CT molecular complexity index is 558. The molecule has 1 aliphatic carbocycles. The van der Waals surface area contributed by atoms with Gasteiger partial charge in [0.25, 0.3) is 0 Å². The van der Waals surface area contributed by atoms with Gasteiger partial charge in [-0.25, -0.2) is 0 Å². The van der Waals surface area contributed by atoms with Gasteiger partial charge in [-0.05, 0) is 26.3 Å². The number of fused-ring (bicyclic) bond motifs is 3. The van der Waals surface area contributed by atoms with E-state index in [0.29, 0.717) is 0 Å². The lowest BCUT2D eigenvalue weighted by molar-refractivity contribution is 0.549. The van der Waals surface area contributed by atoms with Crippen LogP contribution in [0.4, 0.5) is 0 Å². The predicted molar refractivity (Wildman–Crippen MR) is 62.0 cm³/mol. The predicted octanol–water partition coefficient (Wildman–Crippen LogP) is 3.87. The van der Waals surface area contributed by atoms with E-state index in [9.17, 15) is 0 Å². The molecule has 1 aromatic heterocycles. The smallest absolute Gasteiger partial charge is 0.134 e. The molecule has 0 N–H and O–H groups in total. The minimum Gasteiger partial charge on any atom is -0.460 e. The lowest BCUT2D eigenvalue weighted by Gasteiger charge is -2.13. The number of furan rings is 1. The second kappa shape index (κ2) is 2.99. The molecule has 1 heteroatoms. The Morgan fingerprint density at radius 2 is 1.73 bits per heavy atom. The number of hydrogen-bond donors (Lipinski definition) is 0. The summed E-state index contributed by atoms with van der Waals surface area (Å²) >= 11 is 0. The van der Waals surface area contributed by atoms with Crippen LogP contribution in [0.1, 0.15) is 25.2 Å². The minimum atomic E-state index is 0.982. The van der Waals surface area contributed by atoms with Gasteiger partial charge in [0.05, 0.1) is 0 Å². The molecule has 0 amide bonds. The van der Waals surface area contributed by atoms with Gasteiger partial charge in [-0.1, -0.05) is 29.3 Å². The van der Waals surface area contributed by atoms with Crippen molar-refractivity contribution in [3.63, 3.8) is 0 Å². The molecule has 0 bridgehead atoms. The summed E-state index contributed by atoms with van der Waals surface area (Å²) in [7, 11) is 0. The van der Waals surface area contributed by atoms with Gasteiger partial charge in [-0.2, -0.15) is 0 Å². The second-order valence-corrected chi connectivity index (χ2v) is 4.41. The molecule has 0 saturated carbocycles. The molecular weight excluding hydrogens is 184 g/mol. The Labute approximate surface area is 89.4 Å². The highest BCUT2D eigenvalue weighted by Crippen LogP contribution is 2.33. The standard InChI is InChI=1S/C14H14O/c1-9-7-12-11-5-3-4-6-13(11)15-14(12)8-10(9)2/h3-6H,7-8H2,1-2H3.